The van der Waals surface area contributed by atoms with Gasteiger partial charge in [-0.15, -0.1) is 0 Å². The summed E-state index contributed by atoms with van der Waals surface area (Å²) in [4.78, 5) is 12.2. The Morgan fingerprint density at radius 3 is 2.00 bits per heavy atom. The third kappa shape index (κ3) is 15.4. The molecule has 3 nitrogen and oxygen atoms in total. The smallest absolute Gasteiger partial charge is 0.312 e. The fourth-order valence-electron chi connectivity index (χ4n) is 0. The van der Waals surface area contributed by atoms with E-state index in [1.54, 1.807) is 0 Å². The summed E-state index contributed by atoms with van der Waals surface area (Å²) in [5.74, 6) is 4.16. The first-order chi connectivity index (χ1) is 1.91. The molecule has 26 valence electrons. The molecule has 2 N–H and O–H groups in total. The van der Waals surface area contributed by atoms with Crippen LogP contribution in [-0.2, 0) is 29.1 Å². The van der Waals surface area contributed by atoms with Crippen LogP contribution in [0.25, 0.3) is 0 Å². The first-order valence-electron chi connectivity index (χ1n) is 0.707. The minimum absolute atomic E-state index is 0. The Morgan fingerprint density at radius 1 is 1.80 bits per heavy atom. The molecular formula is CH3NO2Zn. The molecule has 0 saturated carbocycles. The Morgan fingerprint density at radius 2 is 2.00 bits per heavy atom. The zero-order chi connectivity index (χ0) is 3.41. The van der Waals surface area contributed by atoms with Crippen LogP contribution >= 0.6 is 0 Å². The van der Waals surface area contributed by atoms with E-state index in [4.69, 9.17) is 4.79 Å². The number of rotatable bonds is 1. The van der Waals surface area contributed by atoms with Gasteiger partial charge in [0.1, 0.15) is 0 Å². The molecular weight excluding hydrogens is 123 g/mol. The van der Waals surface area contributed by atoms with E-state index in [0.29, 0.717) is 0 Å². The second kappa shape index (κ2) is 8.96. The van der Waals surface area contributed by atoms with Crippen LogP contribution in [0.5, 0.6) is 0 Å². The number of hydrogen-bond donors (Lipinski definition) is 1. The molecule has 0 radical (unpaired) electrons. The predicted octanol–water partition coefficient (Wildman–Crippen LogP) is -0.969. The molecule has 0 rings (SSSR count). The Kier molecular flexibility index (Phi) is 16.0. The standard InChI is InChI=1S/CH3NO2.Zn/c2-4-1-3;/h1H,2H2;. The van der Waals surface area contributed by atoms with E-state index >= 15 is 0 Å². The molecule has 0 aliphatic rings. The Balaban J connectivity index is 0. The van der Waals surface area contributed by atoms with Crippen LogP contribution in [0.2, 0.25) is 0 Å². The van der Waals surface area contributed by atoms with Gasteiger partial charge >= 0.3 is 6.47 Å². The van der Waals surface area contributed by atoms with Gasteiger partial charge in [0.05, 0.1) is 0 Å². The second-order valence-corrected chi connectivity index (χ2v) is 0.232. The summed E-state index contributed by atoms with van der Waals surface area (Å²) >= 11 is 0. The molecule has 0 amide bonds. The van der Waals surface area contributed by atoms with Crippen molar-refractivity contribution in [1.82, 2.24) is 0 Å². The Labute approximate surface area is 42.2 Å². The molecule has 0 aliphatic heterocycles. The van der Waals surface area contributed by atoms with E-state index in [9.17, 15) is 0 Å². The van der Waals surface area contributed by atoms with Crippen molar-refractivity contribution in [2.24, 2.45) is 5.90 Å². The summed E-state index contributed by atoms with van der Waals surface area (Å²) in [7, 11) is 0. The molecule has 0 saturated heterocycles. The van der Waals surface area contributed by atoms with Gasteiger partial charge in [-0.3, -0.25) is 4.79 Å². The summed E-state index contributed by atoms with van der Waals surface area (Å²) in [6.45, 7) is 0.153. The molecule has 0 bridgehead atoms. The minimum Gasteiger partial charge on any atom is -0.376 e. The largest absolute Gasteiger partial charge is 0.376 e. The molecule has 5 heavy (non-hydrogen) atoms. The normalized spacial score (nSPS) is 4.20. The number of carbonyl (C=O) groups is 1. The van der Waals surface area contributed by atoms with Crippen molar-refractivity contribution in [1.29, 1.82) is 0 Å². The summed E-state index contributed by atoms with van der Waals surface area (Å²) < 4.78 is 0. The average molecular weight is 126 g/mol. The summed E-state index contributed by atoms with van der Waals surface area (Å²) in [6.07, 6.45) is 0. The molecule has 0 aromatic rings. The molecule has 0 aromatic carbocycles. The van der Waals surface area contributed by atoms with Crippen LogP contribution in [0.1, 0.15) is 0 Å². The van der Waals surface area contributed by atoms with E-state index < -0.39 is 0 Å². The topological polar surface area (TPSA) is 52.3 Å². The van der Waals surface area contributed by atoms with Crippen molar-refractivity contribution in [3.8, 4) is 0 Å². The zero-order valence-corrected chi connectivity index (χ0v) is 5.65. The van der Waals surface area contributed by atoms with Gasteiger partial charge in [0.25, 0.3) is 0 Å². The third-order valence-electron chi connectivity index (χ3n) is 0.0556. The monoisotopic (exact) mass is 125 g/mol. The van der Waals surface area contributed by atoms with E-state index in [-0.39, 0.29) is 26.0 Å². The molecule has 0 atom stereocenters. The fourth-order valence-corrected chi connectivity index (χ4v) is 0. The van der Waals surface area contributed by atoms with Gasteiger partial charge in [-0.2, -0.15) is 5.90 Å². The van der Waals surface area contributed by atoms with Crippen LogP contribution in [0.15, 0.2) is 0 Å². The van der Waals surface area contributed by atoms with Gasteiger partial charge in [-0.1, -0.05) is 0 Å². The molecule has 0 aromatic heterocycles. The van der Waals surface area contributed by atoms with Gasteiger partial charge in [-0.05, 0) is 0 Å². The van der Waals surface area contributed by atoms with Crippen molar-refractivity contribution in [3.63, 3.8) is 0 Å². The van der Waals surface area contributed by atoms with E-state index in [2.05, 4.69) is 10.7 Å². The number of nitrogens with two attached hydrogens (primary N) is 1. The molecule has 0 aliphatic carbocycles. The van der Waals surface area contributed by atoms with Crippen molar-refractivity contribution < 1.29 is 29.1 Å². The second-order valence-electron chi connectivity index (χ2n) is 0.232. The van der Waals surface area contributed by atoms with Gasteiger partial charge in [-0.25, -0.2) is 0 Å². The van der Waals surface area contributed by atoms with E-state index in [0.717, 1.165) is 0 Å². The molecule has 0 fully saturated rings. The zero-order valence-electron chi connectivity index (χ0n) is 2.68. The van der Waals surface area contributed by atoms with Crippen LogP contribution in [-0.4, -0.2) is 6.47 Å². The van der Waals surface area contributed by atoms with Gasteiger partial charge in [0, 0.05) is 19.5 Å². The predicted molar refractivity (Wildman–Crippen MR) is 11.3 cm³/mol. The van der Waals surface area contributed by atoms with Crippen LogP contribution < -0.4 is 5.90 Å². The van der Waals surface area contributed by atoms with E-state index in [1.807, 2.05) is 0 Å². The minimum atomic E-state index is 0. The number of hydrogen-bond acceptors (Lipinski definition) is 3. The molecule has 0 spiro atoms. The maximum absolute atomic E-state index is 8.83. The maximum Gasteiger partial charge on any atom is 0.312 e. The van der Waals surface area contributed by atoms with Gasteiger partial charge in [0.2, 0.25) is 0 Å². The molecule has 0 unspecified atom stereocenters. The van der Waals surface area contributed by atoms with Gasteiger partial charge in [0.15, 0.2) is 0 Å². The average Bonchev–Trinajstić information content (AvgIpc) is 1.37. The van der Waals surface area contributed by atoms with Crippen molar-refractivity contribution >= 4 is 6.47 Å². The summed E-state index contributed by atoms with van der Waals surface area (Å²) in [6, 6.07) is 0. The van der Waals surface area contributed by atoms with Crippen LogP contribution in [0.3, 0.4) is 0 Å². The van der Waals surface area contributed by atoms with Crippen molar-refractivity contribution in [2.75, 3.05) is 0 Å². The van der Waals surface area contributed by atoms with Crippen molar-refractivity contribution in [3.05, 3.63) is 0 Å². The van der Waals surface area contributed by atoms with Crippen LogP contribution in [0.4, 0.5) is 0 Å². The summed E-state index contributed by atoms with van der Waals surface area (Å²) in [5, 5.41) is 0. The molecule has 0 heterocycles. The fraction of sp³-hybridized carbons (Fsp3) is 0. The first-order valence-corrected chi connectivity index (χ1v) is 0.707. The Bertz CT molecular complexity index is 23.6. The van der Waals surface area contributed by atoms with Crippen molar-refractivity contribution in [2.45, 2.75) is 0 Å². The Hall–Kier alpha value is 0.0534. The first kappa shape index (κ1) is 8.91. The van der Waals surface area contributed by atoms with E-state index in [1.165, 1.54) is 0 Å². The maximum atomic E-state index is 8.83. The third-order valence-corrected chi connectivity index (χ3v) is 0.0556. The van der Waals surface area contributed by atoms with Crippen LogP contribution in [0, 0.1) is 0 Å². The SMILES string of the molecule is NOC=O.[Zn]. The quantitative estimate of drug-likeness (QED) is 0.279. The van der Waals surface area contributed by atoms with Gasteiger partial charge < -0.3 is 4.84 Å². The summed E-state index contributed by atoms with van der Waals surface area (Å²) in [5.41, 5.74) is 0. The number of carbonyl (C=O) groups excluding carboxylic acids is 1. The molecule has 4 heteroatoms.